The Morgan fingerprint density at radius 1 is 0.776 bits per heavy atom. The third kappa shape index (κ3) is 15.4. The van der Waals surface area contributed by atoms with Crippen LogP contribution in [-0.2, 0) is 46.3 Å². The lowest BCUT2D eigenvalue weighted by Crippen LogP contribution is -2.72. The first kappa shape index (κ1) is 46.3. The quantitative estimate of drug-likeness (QED) is 0.0714. The van der Waals surface area contributed by atoms with Gasteiger partial charge in [0.25, 0.3) is 0 Å². The number of nitrogens with two attached hydrogens (primary N) is 1. The molecule has 0 saturated carbocycles. The van der Waals surface area contributed by atoms with Crippen molar-refractivity contribution >= 4 is 29.6 Å². The van der Waals surface area contributed by atoms with E-state index in [1.807, 2.05) is 84.3 Å². The van der Waals surface area contributed by atoms with Crippen LogP contribution in [0.15, 0.2) is 60.7 Å². The number of rotatable bonds is 27. The Balaban J connectivity index is 1.44. The second-order valence-corrected chi connectivity index (χ2v) is 15.9. The Bertz CT molecular complexity index is 1570. The molecular weight excluding hydrogens is 743 g/mol. The molecule has 2 aromatic rings. The molecule has 2 aliphatic rings. The van der Waals surface area contributed by atoms with Crippen LogP contribution in [0, 0.1) is 5.92 Å². The van der Waals surface area contributed by atoms with Crippen LogP contribution in [-0.4, -0.2) is 140 Å². The van der Waals surface area contributed by atoms with Gasteiger partial charge in [0.15, 0.2) is 0 Å². The van der Waals surface area contributed by atoms with Crippen molar-refractivity contribution in [2.75, 3.05) is 59.7 Å². The number of carbonyl (C=O) groups excluding carboxylic acids is 4. The van der Waals surface area contributed by atoms with Crippen LogP contribution < -0.4 is 27.0 Å². The number of ether oxygens (including phenoxy) is 2. The van der Waals surface area contributed by atoms with Crippen LogP contribution >= 0.6 is 0 Å². The second kappa shape index (κ2) is 24.5. The zero-order chi connectivity index (χ0) is 41.9. The number of aryl methyl sites for hydroxylation is 1. The highest BCUT2D eigenvalue weighted by Crippen LogP contribution is 2.33. The van der Waals surface area contributed by atoms with E-state index in [0.29, 0.717) is 78.1 Å². The van der Waals surface area contributed by atoms with Crippen molar-refractivity contribution in [3.05, 3.63) is 71.8 Å². The fourth-order valence-corrected chi connectivity index (χ4v) is 7.64. The van der Waals surface area contributed by atoms with E-state index in [9.17, 15) is 29.1 Å². The van der Waals surface area contributed by atoms with Gasteiger partial charge < -0.3 is 46.5 Å². The number of unbranched alkanes of at least 4 members (excludes halogenated alkanes) is 1. The van der Waals surface area contributed by atoms with Gasteiger partial charge in [0, 0.05) is 38.8 Å². The maximum Gasteiger partial charge on any atom is 0.317 e. The smallest absolute Gasteiger partial charge is 0.317 e. The Hall–Kier alpha value is -4.41. The molecule has 4 rings (SSSR count). The number of nitrogens with one attached hydrogen (secondary N) is 4. The minimum absolute atomic E-state index is 0.0152. The van der Waals surface area contributed by atoms with Crippen molar-refractivity contribution in [3.8, 4) is 0 Å². The lowest BCUT2D eigenvalue weighted by Gasteiger charge is -2.56. The molecule has 2 saturated heterocycles. The van der Waals surface area contributed by atoms with Crippen molar-refractivity contribution in [2.45, 2.75) is 101 Å². The van der Waals surface area contributed by atoms with Crippen LogP contribution in [0.1, 0.15) is 63.5 Å². The first-order chi connectivity index (χ1) is 27.9. The molecule has 2 aromatic carbocycles. The van der Waals surface area contributed by atoms with Crippen molar-refractivity contribution in [3.63, 3.8) is 0 Å². The molecule has 2 unspecified atom stereocenters. The van der Waals surface area contributed by atoms with Crippen LogP contribution in [0.5, 0.6) is 0 Å². The van der Waals surface area contributed by atoms with Gasteiger partial charge in [-0.2, -0.15) is 0 Å². The molecule has 15 nitrogen and oxygen atoms in total. The predicted octanol–water partition coefficient (Wildman–Crippen LogP) is 1.48. The van der Waals surface area contributed by atoms with Gasteiger partial charge >= 0.3 is 5.97 Å². The molecule has 0 radical (unpaired) electrons. The standard InChI is InChI=1S/C43H65N7O8/c1-30(2)24-38(48-41(54)36(18-17-31-12-6-4-7-13-31)46-40(53)35(44)25-32-14-8-5-9-15-32)42(55)47-37(16-10-11-19-45-20-21-58-23-22-57-3)43(56)50-33-26-34(50)28-49(27-33)29-39(51)52/h4-9,12-15,30,33-38,45H,10-11,16-29,44H2,1-3H3,(H,46,53)(H,47,55)(H,48,54)(H,51,52)/t33?,34?,35-,36-,37-,38-/m1/s1. The fraction of sp³-hybridized carbons (Fsp3) is 0.605. The number of piperazine rings is 1. The van der Waals surface area contributed by atoms with E-state index in [-0.39, 0.29) is 36.9 Å². The molecule has 2 heterocycles. The van der Waals surface area contributed by atoms with E-state index in [1.54, 1.807) is 7.11 Å². The topological polar surface area (TPSA) is 205 Å². The zero-order valence-corrected chi connectivity index (χ0v) is 34.4. The monoisotopic (exact) mass is 807 g/mol. The number of benzene rings is 2. The molecule has 58 heavy (non-hydrogen) atoms. The van der Waals surface area contributed by atoms with Crippen LogP contribution in [0.4, 0.5) is 0 Å². The van der Waals surface area contributed by atoms with Gasteiger partial charge in [-0.25, -0.2) is 0 Å². The number of carbonyl (C=O) groups is 5. The van der Waals surface area contributed by atoms with Crippen LogP contribution in [0.25, 0.3) is 0 Å². The zero-order valence-electron chi connectivity index (χ0n) is 34.4. The number of nitrogens with zero attached hydrogens (tertiary/aromatic N) is 2. The molecule has 6 atom stereocenters. The number of carboxylic acids is 1. The molecule has 2 bridgehead atoms. The van der Waals surface area contributed by atoms with E-state index >= 15 is 0 Å². The van der Waals surface area contributed by atoms with E-state index in [1.165, 1.54) is 0 Å². The molecular formula is C43H65N7O8. The average Bonchev–Trinajstić information content (AvgIpc) is 3.19. The first-order valence-corrected chi connectivity index (χ1v) is 20.7. The van der Waals surface area contributed by atoms with E-state index < -0.39 is 47.9 Å². The first-order valence-electron chi connectivity index (χ1n) is 20.7. The van der Waals surface area contributed by atoms with Crippen LogP contribution in [0.2, 0.25) is 0 Å². The van der Waals surface area contributed by atoms with Gasteiger partial charge in [-0.3, -0.25) is 28.9 Å². The van der Waals surface area contributed by atoms with Gasteiger partial charge in [-0.1, -0.05) is 74.5 Å². The SMILES string of the molecule is COCCOCCNCCCC[C@@H](NC(=O)[C@@H](CC(C)C)NC(=O)[C@@H](CCc1ccccc1)NC(=O)[C@H](N)Cc1ccccc1)C(=O)N1C2CC1CN(CC(=O)O)C2. The third-order valence-corrected chi connectivity index (χ3v) is 10.6. The molecule has 320 valence electrons. The number of carboxylic acid groups (broad SMARTS) is 1. The van der Waals surface area contributed by atoms with E-state index in [0.717, 1.165) is 24.0 Å². The largest absolute Gasteiger partial charge is 0.480 e. The Morgan fingerprint density at radius 3 is 2.03 bits per heavy atom. The number of hydrogen-bond acceptors (Lipinski definition) is 10. The van der Waals surface area contributed by atoms with Gasteiger partial charge in [-0.05, 0) is 75.0 Å². The number of hydrogen-bond donors (Lipinski definition) is 6. The Labute approximate surface area is 343 Å². The number of piperidine rings is 1. The molecule has 0 aromatic heterocycles. The minimum Gasteiger partial charge on any atom is -0.480 e. The summed E-state index contributed by atoms with van der Waals surface area (Å²) in [5, 5.41) is 21.5. The van der Waals surface area contributed by atoms with Crippen LogP contribution in [0.3, 0.4) is 0 Å². The van der Waals surface area contributed by atoms with Gasteiger partial charge in [-0.15, -0.1) is 0 Å². The summed E-state index contributed by atoms with van der Waals surface area (Å²) in [7, 11) is 1.63. The Morgan fingerprint density at radius 2 is 1.40 bits per heavy atom. The third-order valence-electron chi connectivity index (χ3n) is 10.6. The number of likely N-dealkylation sites (tertiary alicyclic amines) is 2. The van der Waals surface area contributed by atoms with Crippen molar-refractivity contribution in [1.29, 1.82) is 0 Å². The molecule has 7 N–H and O–H groups in total. The highest BCUT2D eigenvalue weighted by molar-refractivity contribution is 5.95. The molecule has 2 fully saturated rings. The number of amides is 4. The minimum atomic E-state index is -0.973. The highest BCUT2D eigenvalue weighted by Gasteiger charge is 2.49. The lowest BCUT2D eigenvalue weighted by molar-refractivity contribution is -0.159. The molecule has 2 aliphatic heterocycles. The van der Waals surface area contributed by atoms with Crippen molar-refractivity contribution in [1.82, 2.24) is 31.1 Å². The lowest BCUT2D eigenvalue weighted by atomic mass is 9.86. The highest BCUT2D eigenvalue weighted by atomic mass is 16.5. The summed E-state index contributed by atoms with van der Waals surface area (Å²) < 4.78 is 10.5. The molecule has 0 aliphatic carbocycles. The van der Waals surface area contributed by atoms with Gasteiger partial charge in [0.1, 0.15) is 18.1 Å². The second-order valence-electron chi connectivity index (χ2n) is 15.9. The van der Waals surface area contributed by atoms with Crippen molar-refractivity contribution < 1.29 is 38.6 Å². The number of fused-ring (bicyclic) bond motifs is 2. The Kier molecular flexibility index (Phi) is 19.5. The maximum atomic E-state index is 14.2. The molecule has 15 heteroatoms. The maximum absolute atomic E-state index is 14.2. The number of aliphatic carboxylic acids is 1. The molecule has 0 spiro atoms. The fourth-order valence-electron chi connectivity index (χ4n) is 7.64. The molecule has 4 amide bonds. The predicted molar refractivity (Wildman–Crippen MR) is 221 cm³/mol. The summed E-state index contributed by atoms with van der Waals surface area (Å²) >= 11 is 0. The summed E-state index contributed by atoms with van der Waals surface area (Å²) in [6.07, 6.45) is 3.98. The summed E-state index contributed by atoms with van der Waals surface area (Å²) in [5.41, 5.74) is 8.21. The number of methoxy groups -OCH3 is 1. The van der Waals surface area contributed by atoms with Gasteiger partial charge in [0.05, 0.1) is 32.4 Å². The summed E-state index contributed by atoms with van der Waals surface area (Å²) in [4.78, 5) is 70.9. The van der Waals surface area contributed by atoms with E-state index in [2.05, 4.69) is 21.3 Å². The summed E-state index contributed by atoms with van der Waals surface area (Å²) in [5.74, 6) is -2.54. The normalized spacial score (nSPS) is 18.4. The summed E-state index contributed by atoms with van der Waals surface area (Å²) in [6, 6.07) is 15.1. The van der Waals surface area contributed by atoms with Gasteiger partial charge in [0.2, 0.25) is 23.6 Å². The summed E-state index contributed by atoms with van der Waals surface area (Å²) in [6.45, 7) is 7.74. The van der Waals surface area contributed by atoms with E-state index in [4.69, 9.17) is 15.2 Å². The average molecular weight is 808 g/mol. The van der Waals surface area contributed by atoms with Crippen molar-refractivity contribution in [2.24, 2.45) is 11.7 Å².